The molecule has 0 aromatic rings. The first-order chi connectivity index (χ1) is 6.34. The lowest BCUT2D eigenvalue weighted by molar-refractivity contribution is 0.122. The summed E-state index contributed by atoms with van der Waals surface area (Å²) in [5.41, 5.74) is 6.39. The molecule has 0 spiro atoms. The van der Waals surface area contributed by atoms with Crippen molar-refractivity contribution in [1.82, 2.24) is 18.7 Å². The highest BCUT2D eigenvalue weighted by Crippen LogP contribution is 2.32. The van der Waals surface area contributed by atoms with Gasteiger partial charge >= 0.3 is 0 Å². The van der Waals surface area contributed by atoms with Crippen LogP contribution < -0.4 is 5.53 Å². The predicted octanol–water partition coefficient (Wildman–Crippen LogP) is 0.605. The Bertz CT molecular complexity index is 269. The Morgan fingerprint density at radius 2 is 2.15 bits per heavy atom. The molecule has 0 aromatic carbocycles. The van der Waals surface area contributed by atoms with Crippen LogP contribution in [0.3, 0.4) is 0 Å². The Labute approximate surface area is 95.7 Å². The Morgan fingerprint density at radius 1 is 1.23 bits per heavy atom. The number of halogens is 1. The second kappa shape index (κ2) is 3.18. The number of fused-ring (bicyclic) bond motifs is 2. The third-order valence-electron chi connectivity index (χ3n) is 2.57. The molecular weight excluding hydrogens is 299 g/mol. The molecule has 2 fully saturated rings. The van der Waals surface area contributed by atoms with Gasteiger partial charge in [0, 0.05) is 41.7 Å². The zero-order valence-electron chi connectivity index (χ0n) is 7.16. The van der Waals surface area contributed by atoms with Crippen LogP contribution in [-0.4, -0.2) is 44.4 Å². The van der Waals surface area contributed by atoms with Crippen LogP contribution in [0, 0.1) is 0 Å². The summed E-state index contributed by atoms with van der Waals surface area (Å²) in [6, 6.07) is 0. The van der Waals surface area contributed by atoms with E-state index in [4.69, 9.17) is 0 Å². The van der Waals surface area contributed by atoms with Gasteiger partial charge in [-0.1, -0.05) is 0 Å². The number of hydrogen-bond donors (Lipinski definition) is 1. The SMILES string of the molecule is IN1CCN2NN3CSCC3=C2C1. The van der Waals surface area contributed by atoms with Crippen LogP contribution in [0.1, 0.15) is 0 Å². The molecule has 0 unspecified atom stereocenters. The van der Waals surface area contributed by atoms with Crippen LogP contribution >= 0.6 is 34.6 Å². The van der Waals surface area contributed by atoms with Crippen LogP contribution in [0.25, 0.3) is 0 Å². The van der Waals surface area contributed by atoms with Crippen molar-refractivity contribution in [3.8, 4) is 0 Å². The first-order valence-corrected chi connectivity index (χ1v) is 6.48. The lowest BCUT2D eigenvalue weighted by atomic mass is 10.3. The van der Waals surface area contributed by atoms with E-state index in [1.54, 1.807) is 0 Å². The number of rotatable bonds is 0. The maximum atomic E-state index is 3.42. The van der Waals surface area contributed by atoms with Gasteiger partial charge < -0.3 is 0 Å². The highest BCUT2D eigenvalue weighted by Gasteiger charge is 2.34. The predicted molar refractivity (Wildman–Crippen MR) is 61.6 cm³/mol. The number of nitrogens with one attached hydrogen (secondary N) is 1. The van der Waals surface area contributed by atoms with E-state index in [0.29, 0.717) is 0 Å². The van der Waals surface area contributed by atoms with Crippen LogP contribution in [0.15, 0.2) is 11.4 Å². The molecule has 0 radical (unpaired) electrons. The molecule has 6 heteroatoms. The highest BCUT2D eigenvalue weighted by molar-refractivity contribution is 14.1. The third-order valence-corrected chi connectivity index (χ3v) is 4.31. The quantitative estimate of drug-likeness (QED) is 0.521. The monoisotopic (exact) mass is 310 g/mol. The summed E-state index contributed by atoms with van der Waals surface area (Å²) in [5.74, 6) is 2.26. The molecule has 4 nitrogen and oxygen atoms in total. The zero-order chi connectivity index (χ0) is 8.84. The fourth-order valence-corrected chi connectivity index (χ4v) is 3.43. The highest BCUT2D eigenvalue weighted by atomic mass is 127. The first-order valence-electron chi connectivity index (χ1n) is 4.36. The van der Waals surface area contributed by atoms with Gasteiger partial charge in [0.05, 0.1) is 23.8 Å². The van der Waals surface area contributed by atoms with Crippen LogP contribution in [0.5, 0.6) is 0 Å². The first kappa shape index (κ1) is 8.63. The van der Waals surface area contributed by atoms with E-state index in [2.05, 4.69) is 41.5 Å². The van der Waals surface area contributed by atoms with Crippen molar-refractivity contribution in [2.75, 3.05) is 31.3 Å². The van der Waals surface area contributed by atoms with Gasteiger partial charge in [0.25, 0.3) is 0 Å². The van der Waals surface area contributed by atoms with Gasteiger partial charge in [0.15, 0.2) is 0 Å². The molecule has 2 saturated heterocycles. The summed E-state index contributed by atoms with van der Waals surface area (Å²) in [6.07, 6.45) is 0. The largest absolute Gasteiger partial charge is 0.290 e. The molecule has 1 N–H and O–H groups in total. The standard InChI is InChI=1S/C7H11IN4S/c8-10-1-2-11-6(3-10)7-4-13-5-12(7)9-11/h9H,1-5H2. The summed E-state index contributed by atoms with van der Waals surface area (Å²) in [7, 11) is 0. The fraction of sp³-hybridized carbons (Fsp3) is 0.714. The molecule has 3 heterocycles. The lowest BCUT2D eigenvalue weighted by Crippen LogP contribution is -2.47. The average molecular weight is 310 g/mol. The second-order valence-corrected chi connectivity index (χ2v) is 5.71. The minimum absolute atomic E-state index is 1.08. The van der Waals surface area contributed by atoms with Crippen molar-refractivity contribution >= 4 is 34.6 Å². The molecule has 3 rings (SSSR count). The van der Waals surface area contributed by atoms with Crippen molar-refractivity contribution in [2.24, 2.45) is 0 Å². The summed E-state index contributed by atoms with van der Waals surface area (Å²) >= 11 is 4.39. The maximum absolute atomic E-state index is 3.42. The number of hydrogen-bond acceptors (Lipinski definition) is 5. The molecule has 0 saturated carbocycles. The third kappa shape index (κ3) is 1.34. The van der Waals surface area contributed by atoms with Gasteiger partial charge in [-0.15, -0.1) is 17.3 Å². The van der Waals surface area contributed by atoms with Crippen molar-refractivity contribution < 1.29 is 0 Å². The molecule has 13 heavy (non-hydrogen) atoms. The van der Waals surface area contributed by atoms with Crippen LogP contribution in [0.2, 0.25) is 0 Å². The maximum Gasteiger partial charge on any atom is 0.0818 e. The van der Waals surface area contributed by atoms with Crippen molar-refractivity contribution in [3.05, 3.63) is 11.4 Å². The van der Waals surface area contributed by atoms with E-state index < -0.39 is 0 Å². The Hall–Kier alpha value is 0.340. The van der Waals surface area contributed by atoms with Gasteiger partial charge in [0.1, 0.15) is 0 Å². The lowest BCUT2D eigenvalue weighted by Gasteiger charge is -2.31. The number of nitrogens with zero attached hydrogens (tertiary/aromatic N) is 3. The molecule has 0 aliphatic carbocycles. The summed E-state index contributed by atoms with van der Waals surface area (Å²) < 4.78 is 2.35. The van der Waals surface area contributed by atoms with Crippen molar-refractivity contribution in [3.63, 3.8) is 0 Å². The van der Waals surface area contributed by atoms with E-state index in [1.165, 1.54) is 17.1 Å². The Kier molecular flexibility index (Phi) is 2.11. The molecule has 0 bridgehead atoms. The molecular formula is C7H11IN4S. The van der Waals surface area contributed by atoms with Gasteiger partial charge in [-0.2, -0.15) is 0 Å². The van der Waals surface area contributed by atoms with Crippen molar-refractivity contribution in [2.45, 2.75) is 0 Å². The Morgan fingerprint density at radius 3 is 3.08 bits per heavy atom. The number of piperazine rings is 1. The second-order valence-electron chi connectivity index (χ2n) is 3.39. The smallest absolute Gasteiger partial charge is 0.0818 e. The average Bonchev–Trinajstić information content (AvgIpc) is 2.64. The van der Waals surface area contributed by atoms with E-state index in [9.17, 15) is 0 Å². The fourth-order valence-electron chi connectivity index (χ4n) is 1.89. The minimum Gasteiger partial charge on any atom is -0.290 e. The molecule has 3 aliphatic heterocycles. The number of thioether (sulfide) groups is 1. The normalized spacial score (nSPS) is 28.4. The van der Waals surface area contributed by atoms with E-state index in [1.807, 2.05) is 11.8 Å². The topological polar surface area (TPSA) is 21.8 Å². The minimum atomic E-state index is 1.08. The van der Waals surface area contributed by atoms with E-state index in [-0.39, 0.29) is 0 Å². The molecule has 0 aromatic heterocycles. The Balaban J connectivity index is 1.91. The van der Waals surface area contributed by atoms with Crippen LogP contribution in [0.4, 0.5) is 0 Å². The van der Waals surface area contributed by atoms with E-state index >= 15 is 0 Å². The van der Waals surface area contributed by atoms with Crippen LogP contribution in [-0.2, 0) is 0 Å². The van der Waals surface area contributed by atoms with Gasteiger partial charge in [-0.25, -0.2) is 3.11 Å². The van der Waals surface area contributed by atoms with Gasteiger partial charge in [0.2, 0.25) is 0 Å². The van der Waals surface area contributed by atoms with Gasteiger partial charge in [-0.3, -0.25) is 10.0 Å². The molecule has 0 amide bonds. The molecule has 0 atom stereocenters. The summed E-state index contributed by atoms with van der Waals surface area (Å²) in [5, 5.41) is 4.57. The van der Waals surface area contributed by atoms with Gasteiger partial charge in [-0.05, 0) is 0 Å². The van der Waals surface area contributed by atoms with Crippen molar-refractivity contribution in [1.29, 1.82) is 0 Å². The molecule has 72 valence electrons. The zero-order valence-corrected chi connectivity index (χ0v) is 10.1. The molecule has 3 aliphatic rings. The summed E-state index contributed by atoms with van der Waals surface area (Å²) in [4.78, 5) is 0. The number of hydrazine groups is 2. The summed E-state index contributed by atoms with van der Waals surface area (Å²) in [6.45, 7) is 3.33. The van der Waals surface area contributed by atoms with E-state index in [0.717, 1.165) is 25.5 Å².